The van der Waals surface area contributed by atoms with Crippen LogP contribution >= 0.6 is 22.9 Å². The van der Waals surface area contributed by atoms with E-state index in [1.54, 1.807) is 43.7 Å². The van der Waals surface area contributed by atoms with Crippen LogP contribution in [0.15, 0.2) is 69.6 Å². The molecule has 0 N–H and O–H groups in total. The van der Waals surface area contributed by atoms with Gasteiger partial charge >= 0.3 is 5.97 Å². The number of methoxy groups -OCH3 is 1. The molecule has 0 spiro atoms. The molecular formula is C24H21ClN2O4S. The molecule has 1 aliphatic rings. The van der Waals surface area contributed by atoms with Gasteiger partial charge in [0.15, 0.2) is 4.80 Å². The van der Waals surface area contributed by atoms with Crippen molar-refractivity contribution in [1.82, 2.24) is 4.57 Å². The minimum atomic E-state index is -0.673. The molecular weight excluding hydrogens is 448 g/mol. The average Bonchev–Trinajstić information content (AvgIpc) is 3.09. The fraction of sp³-hybridized carbons (Fsp3) is 0.208. The molecule has 2 aromatic carbocycles. The Morgan fingerprint density at radius 1 is 1.25 bits per heavy atom. The summed E-state index contributed by atoms with van der Waals surface area (Å²) in [5.41, 5.74) is 2.21. The molecule has 164 valence electrons. The number of ether oxygens (including phenoxy) is 2. The summed E-state index contributed by atoms with van der Waals surface area (Å²) < 4.78 is 12.7. The number of carbonyl (C=O) groups excluding carboxylic acids is 1. The number of nitrogens with zero attached hydrogens (tertiary/aromatic N) is 2. The number of allylic oxidation sites excluding steroid dienone is 1. The highest BCUT2D eigenvalue weighted by Crippen LogP contribution is 2.32. The van der Waals surface area contributed by atoms with Crippen LogP contribution in [-0.2, 0) is 9.53 Å². The van der Waals surface area contributed by atoms with E-state index in [0.29, 0.717) is 31.4 Å². The summed E-state index contributed by atoms with van der Waals surface area (Å²) in [6.45, 7) is 3.73. The largest absolute Gasteiger partial charge is 0.497 e. The first-order valence-corrected chi connectivity index (χ1v) is 11.2. The summed E-state index contributed by atoms with van der Waals surface area (Å²) in [4.78, 5) is 31.5. The molecule has 1 aromatic heterocycles. The van der Waals surface area contributed by atoms with Crippen LogP contribution in [0.2, 0.25) is 5.02 Å². The van der Waals surface area contributed by atoms with Gasteiger partial charge in [0.2, 0.25) is 0 Å². The molecule has 1 aliphatic heterocycles. The first-order valence-electron chi connectivity index (χ1n) is 10.0. The lowest BCUT2D eigenvalue weighted by atomic mass is 9.95. The predicted molar refractivity (Wildman–Crippen MR) is 125 cm³/mol. The Bertz CT molecular complexity index is 1390. The normalized spacial score (nSPS) is 15.9. The van der Waals surface area contributed by atoms with Crippen molar-refractivity contribution in [2.45, 2.75) is 19.9 Å². The second-order valence-electron chi connectivity index (χ2n) is 7.13. The van der Waals surface area contributed by atoms with Gasteiger partial charge in [0.1, 0.15) is 5.75 Å². The highest BCUT2D eigenvalue weighted by Gasteiger charge is 2.33. The lowest BCUT2D eigenvalue weighted by Gasteiger charge is -2.25. The fourth-order valence-electron chi connectivity index (χ4n) is 3.63. The van der Waals surface area contributed by atoms with E-state index in [1.165, 1.54) is 11.3 Å². The van der Waals surface area contributed by atoms with Crippen LogP contribution in [0.5, 0.6) is 5.75 Å². The molecule has 0 radical (unpaired) electrons. The van der Waals surface area contributed by atoms with Crippen molar-refractivity contribution >= 4 is 35.0 Å². The summed E-state index contributed by atoms with van der Waals surface area (Å²) in [7, 11) is 1.57. The lowest BCUT2D eigenvalue weighted by molar-refractivity contribution is -0.139. The first kappa shape index (κ1) is 22.0. The summed E-state index contributed by atoms with van der Waals surface area (Å²) in [6.07, 6.45) is 1.80. The second kappa shape index (κ2) is 9.14. The van der Waals surface area contributed by atoms with Gasteiger partial charge in [-0.25, -0.2) is 9.79 Å². The van der Waals surface area contributed by atoms with Crippen molar-refractivity contribution in [1.29, 1.82) is 0 Å². The molecule has 0 fully saturated rings. The number of esters is 1. The van der Waals surface area contributed by atoms with Crippen LogP contribution in [0.4, 0.5) is 0 Å². The molecule has 4 rings (SSSR count). The molecule has 0 unspecified atom stereocenters. The van der Waals surface area contributed by atoms with Crippen molar-refractivity contribution < 1.29 is 14.3 Å². The Labute approximate surface area is 193 Å². The summed E-state index contributed by atoms with van der Waals surface area (Å²) in [5.74, 6) is 0.136. The number of benzene rings is 2. The van der Waals surface area contributed by atoms with Gasteiger partial charge in [0.25, 0.3) is 5.56 Å². The Morgan fingerprint density at radius 2 is 2.00 bits per heavy atom. The number of thiazole rings is 1. The van der Waals surface area contributed by atoms with Crippen molar-refractivity contribution in [2.75, 3.05) is 13.7 Å². The molecule has 0 amide bonds. The molecule has 0 saturated carbocycles. The molecule has 6 nitrogen and oxygen atoms in total. The van der Waals surface area contributed by atoms with Crippen LogP contribution in [0.3, 0.4) is 0 Å². The van der Waals surface area contributed by atoms with E-state index < -0.39 is 12.0 Å². The number of aromatic nitrogens is 1. The molecule has 32 heavy (non-hydrogen) atoms. The summed E-state index contributed by atoms with van der Waals surface area (Å²) in [6, 6.07) is 13.9. The maximum atomic E-state index is 13.5. The molecule has 0 aliphatic carbocycles. The van der Waals surface area contributed by atoms with E-state index in [0.717, 1.165) is 11.1 Å². The predicted octanol–water partition coefficient (Wildman–Crippen LogP) is 3.46. The van der Waals surface area contributed by atoms with E-state index in [-0.39, 0.29) is 12.2 Å². The van der Waals surface area contributed by atoms with E-state index in [9.17, 15) is 9.59 Å². The number of hydrogen-bond acceptors (Lipinski definition) is 6. The quantitative estimate of drug-likeness (QED) is 0.538. The Balaban J connectivity index is 1.96. The summed E-state index contributed by atoms with van der Waals surface area (Å²) in [5, 5.41) is 0.622. The van der Waals surface area contributed by atoms with Crippen LogP contribution in [-0.4, -0.2) is 24.3 Å². The highest BCUT2D eigenvalue weighted by molar-refractivity contribution is 7.07. The van der Waals surface area contributed by atoms with Crippen molar-refractivity contribution in [3.63, 3.8) is 0 Å². The maximum Gasteiger partial charge on any atom is 0.338 e. The molecule has 2 heterocycles. The zero-order valence-corrected chi connectivity index (χ0v) is 19.4. The molecule has 0 bridgehead atoms. The minimum Gasteiger partial charge on any atom is -0.497 e. The van der Waals surface area contributed by atoms with Crippen LogP contribution in [0, 0.1) is 0 Å². The van der Waals surface area contributed by atoms with Gasteiger partial charge < -0.3 is 9.47 Å². The standard InChI is InChI=1S/C24H21ClN2O4S/c1-4-31-23(29)20-14(2)26-24-27(21(20)16-6-5-7-18(13-16)30-3)22(28)19(32-24)12-15-8-10-17(25)11-9-15/h5-13,21H,4H2,1-3H3/b19-12+/t21-/m1/s1. The van der Waals surface area contributed by atoms with Crippen LogP contribution in [0.1, 0.15) is 31.0 Å². The number of rotatable bonds is 5. The molecule has 3 aromatic rings. The van der Waals surface area contributed by atoms with E-state index >= 15 is 0 Å². The SMILES string of the molecule is CCOC(=O)C1=C(C)N=c2s/c(=C/c3ccc(Cl)cc3)c(=O)n2[C@@H]1c1cccc(OC)c1. The highest BCUT2D eigenvalue weighted by atomic mass is 35.5. The second-order valence-corrected chi connectivity index (χ2v) is 8.58. The maximum absolute atomic E-state index is 13.5. The summed E-state index contributed by atoms with van der Waals surface area (Å²) >= 11 is 7.25. The van der Waals surface area contributed by atoms with Gasteiger partial charge in [-0.05, 0) is 55.3 Å². The number of halogens is 1. The van der Waals surface area contributed by atoms with Gasteiger partial charge in [-0.2, -0.15) is 0 Å². The minimum absolute atomic E-state index is 0.224. The smallest absolute Gasteiger partial charge is 0.338 e. The third-order valence-electron chi connectivity index (χ3n) is 5.09. The van der Waals surface area contributed by atoms with Gasteiger partial charge in [-0.15, -0.1) is 0 Å². The Hall–Kier alpha value is -3.16. The number of fused-ring (bicyclic) bond motifs is 1. The van der Waals surface area contributed by atoms with Gasteiger partial charge in [0.05, 0.1) is 35.6 Å². The van der Waals surface area contributed by atoms with Gasteiger partial charge in [-0.3, -0.25) is 9.36 Å². The lowest BCUT2D eigenvalue weighted by Crippen LogP contribution is -2.39. The number of carbonyl (C=O) groups is 1. The van der Waals surface area contributed by atoms with Crippen molar-refractivity contribution in [3.05, 3.63) is 95.6 Å². The third kappa shape index (κ3) is 4.13. The fourth-order valence-corrected chi connectivity index (χ4v) is 4.80. The molecule has 1 atom stereocenters. The van der Waals surface area contributed by atoms with Gasteiger partial charge in [0, 0.05) is 5.02 Å². The van der Waals surface area contributed by atoms with E-state index in [2.05, 4.69) is 4.99 Å². The molecule has 8 heteroatoms. The zero-order valence-electron chi connectivity index (χ0n) is 17.8. The Morgan fingerprint density at radius 3 is 2.69 bits per heavy atom. The zero-order chi connectivity index (χ0) is 22.8. The van der Waals surface area contributed by atoms with Gasteiger partial charge in [-0.1, -0.05) is 47.2 Å². The van der Waals surface area contributed by atoms with E-state index in [1.807, 2.05) is 36.4 Å². The molecule has 0 saturated heterocycles. The first-order chi connectivity index (χ1) is 15.4. The topological polar surface area (TPSA) is 69.9 Å². The monoisotopic (exact) mass is 468 g/mol. The van der Waals surface area contributed by atoms with Crippen LogP contribution < -0.4 is 19.6 Å². The van der Waals surface area contributed by atoms with E-state index in [4.69, 9.17) is 21.1 Å². The van der Waals surface area contributed by atoms with Crippen molar-refractivity contribution in [2.24, 2.45) is 4.99 Å². The third-order valence-corrected chi connectivity index (χ3v) is 6.33. The average molecular weight is 469 g/mol. The van der Waals surface area contributed by atoms with Crippen LogP contribution in [0.25, 0.3) is 6.08 Å². The Kier molecular flexibility index (Phi) is 6.30. The van der Waals surface area contributed by atoms with Crippen molar-refractivity contribution in [3.8, 4) is 5.75 Å². The number of hydrogen-bond donors (Lipinski definition) is 0.